The van der Waals surface area contributed by atoms with Crippen LogP contribution in [0.15, 0.2) is 59.5 Å². The summed E-state index contributed by atoms with van der Waals surface area (Å²) < 4.78 is 22.8. The monoisotopic (exact) mass is 755 g/mol. The maximum absolute atomic E-state index is 15.7. The molecule has 0 radical (unpaired) electrons. The van der Waals surface area contributed by atoms with E-state index in [0.29, 0.717) is 19.3 Å². The number of carbonyl (C=O) groups is 5. The Hall–Kier alpha value is -5.00. The number of aliphatic hydroxyl groups is 2. The Morgan fingerprint density at radius 1 is 1.02 bits per heavy atom. The van der Waals surface area contributed by atoms with Gasteiger partial charge in [0, 0.05) is 18.2 Å². The van der Waals surface area contributed by atoms with Crippen molar-refractivity contribution in [1.29, 1.82) is 0 Å². The molecule has 16 nitrogen and oxygen atoms in total. The number of carbonyl (C=O) groups excluding carboxylic acids is 5. The van der Waals surface area contributed by atoms with E-state index in [-0.39, 0.29) is 30.2 Å². The third-order valence-corrected chi connectivity index (χ3v) is 9.61. The summed E-state index contributed by atoms with van der Waals surface area (Å²) in [7, 11) is 0. The van der Waals surface area contributed by atoms with Crippen LogP contribution >= 0.6 is 0 Å². The van der Waals surface area contributed by atoms with Crippen molar-refractivity contribution in [2.24, 2.45) is 5.92 Å². The molecule has 6 unspecified atom stereocenters. The molecule has 1 saturated carbocycles. The van der Waals surface area contributed by atoms with Crippen LogP contribution in [-0.4, -0.2) is 105 Å². The van der Waals surface area contributed by atoms with E-state index in [2.05, 4.69) is 38.1 Å². The van der Waals surface area contributed by atoms with Crippen LogP contribution in [0, 0.1) is 5.92 Å². The van der Waals surface area contributed by atoms with Crippen molar-refractivity contribution in [3.05, 3.63) is 70.8 Å². The van der Waals surface area contributed by atoms with Crippen LogP contribution in [0.3, 0.4) is 0 Å². The topological polar surface area (TPSA) is 230 Å². The highest BCUT2D eigenvalue weighted by molar-refractivity contribution is 5.97. The first-order valence-electron chi connectivity index (χ1n) is 17.9. The number of rotatable bonds is 16. The lowest BCUT2D eigenvalue weighted by Gasteiger charge is -2.58. The van der Waals surface area contributed by atoms with E-state index in [4.69, 9.17) is 4.74 Å². The summed E-state index contributed by atoms with van der Waals surface area (Å²) in [5.41, 5.74) is -2.65. The third kappa shape index (κ3) is 10.1. The van der Waals surface area contributed by atoms with Gasteiger partial charge in [0.15, 0.2) is 6.17 Å². The van der Waals surface area contributed by atoms with Crippen LogP contribution in [0.5, 0.6) is 0 Å². The summed E-state index contributed by atoms with van der Waals surface area (Å²) in [6, 6.07) is 6.73. The van der Waals surface area contributed by atoms with Crippen LogP contribution in [0.2, 0.25) is 0 Å². The lowest BCUT2D eigenvalue weighted by molar-refractivity contribution is -0.303. The van der Waals surface area contributed by atoms with Gasteiger partial charge < -0.3 is 41.5 Å². The van der Waals surface area contributed by atoms with Crippen molar-refractivity contribution < 1.29 is 43.3 Å². The van der Waals surface area contributed by atoms with E-state index in [0.717, 1.165) is 10.1 Å². The summed E-state index contributed by atoms with van der Waals surface area (Å²) in [6.07, 6.45) is -0.647. The number of aliphatic hydroxyl groups excluding tert-OH is 2. The minimum absolute atomic E-state index is 0.0684. The fraction of sp³-hybridized carbons (Fsp3) is 0.541. The second kappa shape index (κ2) is 17.9. The normalized spacial score (nSPS) is 22.6. The number of hydrogen-bond donors (Lipinski definition) is 7. The number of nitrogens with zero attached hydrogens (tertiary/aromatic N) is 2. The first-order valence-corrected chi connectivity index (χ1v) is 17.9. The minimum atomic E-state index is -1.95. The Kier molecular flexibility index (Phi) is 13.8. The molecule has 1 spiro atoms. The summed E-state index contributed by atoms with van der Waals surface area (Å²) in [5, 5.41) is 33.0. The second-order valence-corrected chi connectivity index (χ2v) is 14.6. The highest BCUT2D eigenvalue weighted by Gasteiger charge is 2.62. The molecule has 5 amide bonds. The maximum atomic E-state index is 15.7. The lowest BCUT2D eigenvalue weighted by Crippen LogP contribution is -2.69. The number of hydrogen-bond acceptors (Lipinski definition) is 10. The molecule has 2 aromatic rings. The Labute approximate surface area is 312 Å². The molecule has 294 valence electrons. The van der Waals surface area contributed by atoms with Crippen LogP contribution in [0.1, 0.15) is 65.0 Å². The van der Waals surface area contributed by atoms with E-state index < -0.39 is 96.5 Å². The molecular weight excluding hydrogens is 705 g/mol. The van der Waals surface area contributed by atoms with Crippen molar-refractivity contribution in [2.75, 3.05) is 25.0 Å². The molecule has 54 heavy (non-hydrogen) atoms. The molecular formula is C37H50FN7O9. The Morgan fingerprint density at radius 2 is 1.69 bits per heavy atom. The van der Waals surface area contributed by atoms with Crippen molar-refractivity contribution >= 4 is 35.4 Å². The molecule has 2 fully saturated rings. The molecule has 2 heterocycles. The molecule has 17 heteroatoms. The first-order chi connectivity index (χ1) is 25.5. The number of halogens is 1. The van der Waals surface area contributed by atoms with E-state index in [1.54, 1.807) is 30.3 Å². The molecule has 2 aliphatic rings. The third-order valence-electron chi connectivity index (χ3n) is 9.61. The molecule has 1 aliphatic carbocycles. The van der Waals surface area contributed by atoms with Gasteiger partial charge in [-0.1, -0.05) is 50.8 Å². The van der Waals surface area contributed by atoms with Crippen molar-refractivity contribution in [3.63, 3.8) is 0 Å². The number of nitrogens with one attached hydrogen (secondary N) is 5. The smallest absolute Gasteiger partial charge is 0.349 e. The second-order valence-electron chi connectivity index (χ2n) is 14.6. The molecule has 1 saturated heterocycles. The SMILES string of the molecule is C=C(C)C(=O)NCC(=O)NC(Cc1ccccc1)C(=O)NC(CC(C)C)C(=O)NCC(=O)Nc1ccn(C2C(F)C(O)C(C)(CO)OC23CCC3)c(=O)n1. The number of alkyl halides is 1. The minimum Gasteiger partial charge on any atom is -0.393 e. The summed E-state index contributed by atoms with van der Waals surface area (Å²) in [4.78, 5) is 81.2. The predicted octanol–water partition coefficient (Wildman–Crippen LogP) is 0.193. The number of aromatic nitrogens is 2. The van der Waals surface area contributed by atoms with Gasteiger partial charge in [-0.15, -0.1) is 0 Å². The maximum Gasteiger partial charge on any atom is 0.349 e. The molecule has 4 rings (SSSR count). The highest BCUT2D eigenvalue weighted by atomic mass is 19.1. The van der Waals surface area contributed by atoms with Gasteiger partial charge in [0.25, 0.3) is 0 Å². The first kappa shape index (κ1) is 41.8. The van der Waals surface area contributed by atoms with Gasteiger partial charge in [-0.05, 0) is 57.1 Å². The van der Waals surface area contributed by atoms with E-state index in [1.807, 2.05) is 13.8 Å². The van der Waals surface area contributed by atoms with Crippen LogP contribution in [0.25, 0.3) is 0 Å². The van der Waals surface area contributed by atoms with Gasteiger partial charge in [-0.3, -0.25) is 28.5 Å². The zero-order valence-electron chi connectivity index (χ0n) is 30.9. The molecule has 1 aliphatic heterocycles. The molecule has 7 N–H and O–H groups in total. The van der Waals surface area contributed by atoms with Gasteiger partial charge in [-0.2, -0.15) is 4.98 Å². The fourth-order valence-corrected chi connectivity index (χ4v) is 6.60. The van der Waals surface area contributed by atoms with E-state index in [1.165, 1.54) is 26.1 Å². The standard InChI is InChI=1S/C37H50FN7O9/c1-21(2)16-24(42-34(52)25(17-23-10-7-6-8-11-23)41-27(47)18-39-32(50)22(3)4)33(51)40-19-28(48)43-26-12-15-45(35(53)44-26)30-29(38)31(49)36(5,20-46)54-37(30)13-9-14-37/h6-8,10-12,15,21,24-25,29-31,46,49H,3,9,13-14,16-20H2,1-2,4-5H3,(H,39,50)(H,40,51)(H,41,47)(H,42,52)(H,43,44,48,53). The lowest BCUT2D eigenvalue weighted by atomic mass is 9.68. The Balaban J connectivity index is 1.39. The summed E-state index contributed by atoms with van der Waals surface area (Å²) in [6.45, 7) is 8.52. The van der Waals surface area contributed by atoms with Crippen molar-refractivity contribution in [1.82, 2.24) is 30.8 Å². The van der Waals surface area contributed by atoms with Crippen molar-refractivity contribution in [3.8, 4) is 0 Å². The number of anilines is 1. The van der Waals surface area contributed by atoms with Gasteiger partial charge in [0.2, 0.25) is 29.5 Å². The fourth-order valence-electron chi connectivity index (χ4n) is 6.60. The molecule has 0 bridgehead atoms. The quantitative estimate of drug-likeness (QED) is 0.115. The average Bonchev–Trinajstić information content (AvgIpc) is 3.11. The Morgan fingerprint density at radius 3 is 2.26 bits per heavy atom. The molecule has 6 atom stereocenters. The number of ether oxygens (including phenoxy) is 1. The molecule has 1 aromatic heterocycles. The van der Waals surface area contributed by atoms with Gasteiger partial charge in [-0.25, -0.2) is 9.18 Å². The van der Waals surface area contributed by atoms with E-state index in [9.17, 15) is 39.0 Å². The summed E-state index contributed by atoms with van der Waals surface area (Å²) >= 11 is 0. The number of amides is 5. The Bertz CT molecular complexity index is 1770. The zero-order chi connectivity index (χ0) is 39.8. The van der Waals surface area contributed by atoms with Crippen LogP contribution in [0.4, 0.5) is 10.2 Å². The molecule has 1 aromatic carbocycles. The number of benzene rings is 1. The predicted molar refractivity (Wildman–Crippen MR) is 195 cm³/mol. The zero-order valence-corrected chi connectivity index (χ0v) is 30.9. The average molecular weight is 756 g/mol. The van der Waals surface area contributed by atoms with Gasteiger partial charge in [0.05, 0.1) is 25.3 Å². The summed E-state index contributed by atoms with van der Waals surface area (Å²) in [5.74, 6) is -3.49. The highest BCUT2D eigenvalue weighted by Crippen LogP contribution is 2.53. The van der Waals surface area contributed by atoms with Gasteiger partial charge in [0.1, 0.15) is 35.6 Å². The van der Waals surface area contributed by atoms with Crippen LogP contribution < -0.4 is 32.3 Å². The van der Waals surface area contributed by atoms with E-state index >= 15 is 4.39 Å². The van der Waals surface area contributed by atoms with Crippen molar-refractivity contribution in [2.45, 2.75) is 101 Å². The van der Waals surface area contributed by atoms with Gasteiger partial charge >= 0.3 is 5.69 Å². The largest absolute Gasteiger partial charge is 0.393 e. The van der Waals surface area contributed by atoms with Crippen LogP contribution in [-0.2, 0) is 35.1 Å².